The summed E-state index contributed by atoms with van der Waals surface area (Å²) in [6, 6.07) is 0. The Hall–Kier alpha value is -1.90. The lowest BCUT2D eigenvalue weighted by Gasteiger charge is -2.10. The van der Waals surface area contributed by atoms with E-state index < -0.39 is 0 Å². The van der Waals surface area contributed by atoms with Crippen LogP contribution in [0.5, 0.6) is 0 Å². The quantitative estimate of drug-likeness (QED) is 0.387. The molecule has 0 aromatic rings. The maximum Gasteiger partial charge on any atom is 0.142 e. The van der Waals surface area contributed by atoms with E-state index in [1.807, 2.05) is 6.08 Å². The number of allylic oxidation sites excluding steroid dienone is 4. The minimum Gasteiger partial charge on any atom is -0.501 e. The van der Waals surface area contributed by atoms with Crippen molar-refractivity contribution in [3.05, 3.63) is 50.3 Å². The second-order valence-corrected chi connectivity index (χ2v) is 4.86. The fraction of sp³-hybridized carbons (Fsp3) is 0.474. The zero-order chi connectivity index (χ0) is 17.6. The van der Waals surface area contributed by atoms with Gasteiger partial charge in [0, 0.05) is 2.85 Å². The van der Waals surface area contributed by atoms with Crippen molar-refractivity contribution in [1.29, 1.82) is 0 Å². The van der Waals surface area contributed by atoms with Crippen molar-refractivity contribution in [2.24, 2.45) is 11.8 Å². The fourth-order valence-corrected chi connectivity index (χ4v) is 1.22. The van der Waals surface area contributed by atoms with Crippen molar-refractivity contribution in [2.45, 2.75) is 40.0 Å². The Labute approximate surface area is 139 Å². The smallest absolute Gasteiger partial charge is 0.142 e. The Morgan fingerprint density at radius 2 is 1.82 bits per heavy atom. The number of hydrogen-bond donors (Lipinski definition) is 0. The van der Waals surface area contributed by atoms with E-state index in [1.165, 1.54) is 18.9 Å². The number of ether oxygens (including phenoxy) is 1. The van der Waals surface area contributed by atoms with Gasteiger partial charge in [-0.2, -0.15) is 0 Å². The normalized spacial score (nSPS) is 14.3. The molecule has 1 heterocycles. The van der Waals surface area contributed by atoms with Crippen LogP contribution in [0.4, 0.5) is 0 Å². The van der Waals surface area contributed by atoms with Crippen LogP contribution in [0, 0.1) is 11.8 Å². The first-order valence-electron chi connectivity index (χ1n) is 7.55. The summed E-state index contributed by atoms with van der Waals surface area (Å²) in [5, 5.41) is 0. The third kappa shape index (κ3) is 30.8. The number of rotatable bonds is 5. The molecule has 130 valence electrons. The summed E-state index contributed by atoms with van der Waals surface area (Å²) in [6.45, 7) is 17.1. The zero-order valence-corrected chi connectivity index (χ0v) is 14.4. The Morgan fingerprint density at radius 1 is 1.27 bits per heavy atom. The highest BCUT2D eigenvalue weighted by molar-refractivity contribution is 5.63. The zero-order valence-electron chi connectivity index (χ0n) is 14.4. The predicted molar refractivity (Wildman–Crippen MR) is 99.9 cm³/mol. The van der Waals surface area contributed by atoms with Gasteiger partial charge >= 0.3 is 0 Å². The molecule has 0 aliphatic carbocycles. The molecular weight excluding hydrogens is 276 g/mol. The Morgan fingerprint density at radius 3 is 1.95 bits per heavy atom. The van der Waals surface area contributed by atoms with Crippen LogP contribution >= 0.6 is 0 Å². The van der Waals surface area contributed by atoms with Crippen molar-refractivity contribution >= 4 is 12.6 Å². The maximum atomic E-state index is 10.0. The highest BCUT2D eigenvalue weighted by Gasteiger charge is 2.07. The highest BCUT2D eigenvalue weighted by atomic mass is 16.5. The predicted octanol–water partition coefficient (Wildman–Crippen LogP) is 5.40. The van der Waals surface area contributed by atoms with Crippen LogP contribution < -0.4 is 0 Å². The van der Waals surface area contributed by atoms with E-state index in [1.54, 1.807) is 18.4 Å². The maximum absolute atomic E-state index is 10.0. The minimum atomic E-state index is 0. The molecule has 1 atom stereocenters. The first-order valence-corrected chi connectivity index (χ1v) is 7.55. The van der Waals surface area contributed by atoms with Gasteiger partial charge in [0.05, 0.1) is 18.8 Å². The van der Waals surface area contributed by atoms with Gasteiger partial charge < -0.3 is 9.53 Å². The Balaban J connectivity index is -0.0000000683. The molecule has 1 rings (SSSR count). The van der Waals surface area contributed by atoms with Gasteiger partial charge in [-0.1, -0.05) is 65.5 Å². The Kier molecular flexibility index (Phi) is 27.5. The molecular formula is C19H36O3. The van der Waals surface area contributed by atoms with Crippen LogP contribution in [-0.2, 0) is 14.3 Å². The summed E-state index contributed by atoms with van der Waals surface area (Å²) >= 11 is 0. The third-order valence-corrected chi connectivity index (χ3v) is 2.26. The van der Waals surface area contributed by atoms with Gasteiger partial charge in [-0.3, -0.25) is 4.79 Å². The fourth-order valence-electron chi connectivity index (χ4n) is 1.22. The first kappa shape index (κ1) is 25.1. The third-order valence-electron chi connectivity index (χ3n) is 2.26. The number of carbonyl (C=O) groups is 2. The van der Waals surface area contributed by atoms with Gasteiger partial charge in [0.2, 0.25) is 0 Å². The van der Waals surface area contributed by atoms with E-state index in [0.717, 1.165) is 18.6 Å². The van der Waals surface area contributed by atoms with Gasteiger partial charge in [0.25, 0.3) is 0 Å². The topological polar surface area (TPSA) is 43.4 Å². The SMILES string of the molecule is C=CC=C.C=CC=O.CCCC(C)C.O=CC1CC=COC1.[3HH].[HH]. The van der Waals surface area contributed by atoms with E-state index in [2.05, 4.69) is 40.5 Å². The summed E-state index contributed by atoms with van der Waals surface area (Å²) in [5.41, 5.74) is 0. The van der Waals surface area contributed by atoms with E-state index in [4.69, 9.17) is 9.53 Å². The average Bonchev–Trinajstić information content (AvgIpc) is 2.56. The summed E-state index contributed by atoms with van der Waals surface area (Å²) in [7, 11) is 0. The van der Waals surface area contributed by atoms with Gasteiger partial charge in [-0.15, -0.1) is 0 Å². The van der Waals surface area contributed by atoms with E-state index in [9.17, 15) is 4.79 Å². The standard InChI is InChI=1S/C6H8O2.C6H14.C4H6.C3H4O.2H2/c7-4-6-2-1-3-8-5-6;1-4-5-6(2)3;1-3-4-2;1-2-3-4;;/h1,3-4,6H,2,5H2;6H,4-5H2,1-3H3;3-4H,1-2H2;2-3H,1H2;2*1H/i;;;;1+2;. The molecule has 0 N–H and O–H groups in total. The molecule has 0 aromatic carbocycles. The number of carbonyl (C=O) groups excluding carboxylic acids is 2. The molecule has 0 saturated carbocycles. The number of aldehydes is 2. The van der Waals surface area contributed by atoms with Crippen molar-refractivity contribution < 1.29 is 17.2 Å². The molecule has 0 spiro atoms. The van der Waals surface area contributed by atoms with Gasteiger partial charge in [0.1, 0.15) is 12.6 Å². The first-order chi connectivity index (χ1) is 10.5. The molecule has 0 saturated heterocycles. The van der Waals surface area contributed by atoms with Crippen LogP contribution in [0.25, 0.3) is 0 Å². The largest absolute Gasteiger partial charge is 0.501 e. The molecule has 3 nitrogen and oxygen atoms in total. The lowest BCUT2D eigenvalue weighted by Crippen LogP contribution is -2.10. The summed E-state index contributed by atoms with van der Waals surface area (Å²) < 4.78 is 4.86. The molecule has 0 radical (unpaired) electrons. The molecule has 1 aliphatic heterocycles. The monoisotopic (exact) mass is 314 g/mol. The molecule has 22 heavy (non-hydrogen) atoms. The minimum absolute atomic E-state index is 0. The molecule has 1 aliphatic rings. The molecule has 0 aromatic heterocycles. The highest BCUT2D eigenvalue weighted by Crippen LogP contribution is 2.06. The van der Waals surface area contributed by atoms with Crippen LogP contribution in [0.2, 0.25) is 0 Å². The molecule has 1 unspecified atom stereocenters. The van der Waals surface area contributed by atoms with Crippen LogP contribution in [0.1, 0.15) is 42.9 Å². The van der Waals surface area contributed by atoms with Gasteiger partial charge in [0.15, 0.2) is 0 Å². The Bertz CT molecular complexity index is 290. The molecule has 0 fully saturated rings. The molecule has 3 heteroatoms. The van der Waals surface area contributed by atoms with Gasteiger partial charge in [-0.25, -0.2) is 0 Å². The second kappa shape index (κ2) is 24.1. The number of hydrogen-bond acceptors (Lipinski definition) is 3. The van der Waals surface area contributed by atoms with Crippen LogP contribution in [0.3, 0.4) is 0 Å². The summed E-state index contributed by atoms with van der Waals surface area (Å²) in [4.78, 5) is 19.1. The van der Waals surface area contributed by atoms with Crippen molar-refractivity contribution in [3.8, 4) is 0 Å². The van der Waals surface area contributed by atoms with Crippen molar-refractivity contribution in [3.63, 3.8) is 0 Å². The van der Waals surface area contributed by atoms with Crippen LogP contribution in [0.15, 0.2) is 50.3 Å². The van der Waals surface area contributed by atoms with E-state index in [0.29, 0.717) is 12.9 Å². The lowest BCUT2D eigenvalue weighted by atomic mass is 10.1. The second-order valence-electron chi connectivity index (χ2n) is 4.86. The van der Waals surface area contributed by atoms with Crippen molar-refractivity contribution in [1.82, 2.24) is 0 Å². The lowest BCUT2D eigenvalue weighted by molar-refractivity contribution is -0.112. The summed E-state index contributed by atoms with van der Waals surface area (Å²) in [5.74, 6) is 0.995. The van der Waals surface area contributed by atoms with E-state index in [-0.39, 0.29) is 8.77 Å². The average molecular weight is 315 g/mol. The summed E-state index contributed by atoms with van der Waals surface area (Å²) in [6.07, 6.45) is 13.1. The molecule has 0 amide bonds. The van der Waals surface area contributed by atoms with Crippen LogP contribution in [-0.4, -0.2) is 19.2 Å². The van der Waals surface area contributed by atoms with Crippen molar-refractivity contribution in [2.75, 3.05) is 6.61 Å². The van der Waals surface area contributed by atoms with Gasteiger partial charge in [-0.05, 0) is 24.5 Å². The molecule has 0 bridgehead atoms. The van der Waals surface area contributed by atoms with E-state index >= 15 is 0 Å².